The second kappa shape index (κ2) is 9.72. The Bertz CT molecular complexity index is 1240. The predicted octanol–water partition coefficient (Wildman–Crippen LogP) is 3.38. The van der Waals surface area contributed by atoms with Crippen LogP contribution < -0.4 is 10.2 Å². The van der Waals surface area contributed by atoms with Gasteiger partial charge in [0.1, 0.15) is 5.75 Å². The second-order valence-corrected chi connectivity index (χ2v) is 9.79. The van der Waals surface area contributed by atoms with E-state index >= 15 is 0 Å². The van der Waals surface area contributed by atoms with Crippen LogP contribution in [0.25, 0.3) is 0 Å². The number of nitriles is 1. The molecule has 0 aromatic heterocycles. The molecule has 0 heterocycles. The summed E-state index contributed by atoms with van der Waals surface area (Å²) in [4.78, 5) is 26.2. The summed E-state index contributed by atoms with van der Waals surface area (Å²) in [5.41, 5.74) is -3.84. The number of amides is 1. The molecule has 0 fully saturated rings. The molecule has 1 atom stereocenters. The zero-order chi connectivity index (χ0) is 25.9. The standard InChI is InChI=1S/C22H22F3N3O5S/c1-14(29)33-21(2,13-34(31,32)18-9-7-17(8-10-18)28(3)4)20(30)27-16-6-5-15(12-26)19(11-16)22(23,24)25/h5-11H,13H2,1-4H3,(H,27,30). The normalized spacial score (nSPS) is 13.4. The highest BCUT2D eigenvalue weighted by molar-refractivity contribution is 7.91. The largest absolute Gasteiger partial charge is 0.448 e. The Morgan fingerprint density at radius 3 is 2.18 bits per heavy atom. The average Bonchev–Trinajstić information content (AvgIpc) is 2.72. The Labute approximate surface area is 194 Å². The van der Waals surface area contributed by atoms with Crippen molar-refractivity contribution in [3.8, 4) is 6.07 Å². The van der Waals surface area contributed by atoms with Gasteiger partial charge in [-0.15, -0.1) is 0 Å². The summed E-state index contributed by atoms with van der Waals surface area (Å²) < 4.78 is 70.6. The van der Waals surface area contributed by atoms with Crippen LogP contribution in [0.4, 0.5) is 24.5 Å². The molecule has 1 amide bonds. The highest BCUT2D eigenvalue weighted by Gasteiger charge is 2.42. The van der Waals surface area contributed by atoms with Crippen LogP contribution in [0.2, 0.25) is 0 Å². The van der Waals surface area contributed by atoms with E-state index in [1.54, 1.807) is 31.1 Å². The van der Waals surface area contributed by atoms with Gasteiger partial charge >= 0.3 is 12.1 Å². The van der Waals surface area contributed by atoms with E-state index in [0.29, 0.717) is 6.07 Å². The number of alkyl halides is 3. The lowest BCUT2D eigenvalue weighted by Gasteiger charge is -2.28. The van der Waals surface area contributed by atoms with Gasteiger partial charge in [-0.25, -0.2) is 8.42 Å². The molecule has 0 bridgehead atoms. The number of ether oxygens (including phenoxy) is 1. The van der Waals surface area contributed by atoms with Gasteiger partial charge in [-0.2, -0.15) is 18.4 Å². The predicted molar refractivity (Wildman–Crippen MR) is 118 cm³/mol. The van der Waals surface area contributed by atoms with Crippen LogP contribution in [-0.4, -0.2) is 45.7 Å². The number of halogens is 3. The minimum absolute atomic E-state index is 0.137. The minimum Gasteiger partial charge on any atom is -0.448 e. The van der Waals surface area contributed by atoms with Crippen molar-refractivity contribution in [1.29, 1.82) is 5.26 Å². The number of nitrogens with one attached hydrogen (secondary N) is 1. The fourth-order valence-corrected chi connectivity index (χ4v) is 4.71. The zero-order valence-corrected chi connectivity index (χ0v) is 19.5. The first-order valence-corrected chi connectivity index (χ1v) is 11.4. The molecular weight excluding hydrogens is 475 g/mol. The van der Waals surface area contributed by atoms with E-state index in [1.807, 2.05) is 0 Å². The number of rotatable bonds is 7. The lowest BCUT2D eigenvalue weighted by molar-refractivity contribution is -0.160. The second-order valence-electron chi connectivity index (χ2n) is 7.80. The van der Waals surface area contributed by atoms with Crippen molar-refractivity contribution >= 4 is 33.1 Å². The first kappa shape index (κ1) is 26.7. The number of sulfone groups is 1. The summed E-state index contributed by atoms with van der Waals surface area (Å²) in [7, 11) is -0.639. The number of carbonyl (C=O) groups excluding carboxylic acids is 2. The molecule has 12 heteroatoms. The third kappa shape index (κ3) is 6.26. The maximum atomic E-state index is 13.2. The molecule has 0 saturated heterocycles. The van der Waals surface area contributed by atoms with Crippen LogP contribution in [0.3, 0.4) is 0 Å². The maximum Gasteiger partial charge on any atom is 0.417 e. The molecule has 2 aromatic carbocycles. The van der Waals surface area contributed by atoms with Crippen molar-refractivity contribution < 1.29 is 35.9 Å². The van der Waals surface area contributed by atoms with Crippen molar-refractivity contribution in [2.24, 2.45) is 0 Å². The third-order valence-corrected chi connectivity index (χ3v) is 6.65. The van der Waals surface area contributed by atoms with E-state index in [4.69, 9.17) is 10.00 Å². The topological polar surface area (TPSA) is 117 Å². The smallest absolute Gasteiger partial charge is 0.417 e. The molecule has 0 radical (unpaired) electrons. The number of hydrogen-bond donors (Lipinski definition) is 1. The fourth-order valence-electron chi connectivity index (χ4n) is 3.07. The SMILES string of the molecule is CC(=O)OC(C)(CS(=O)(=O)c1ccc(N(C)C)cc1)C(=O)Nc1ccc(C#N)c(C(F)(F)F)c1. The van der Waals surface area contributed by atoms with Crippen LogP contribution in [-0.2, 0) is 30.3 Å². The minimum atomic E-state index is -4.87. The Balaban J connectivity index is 2.40. The number of nitrogens with zero attached hydrogens (tertiary/aromatic N) is 2. The Hall–Kier alpha value is -3.59. The summed E-state index contributed by atoms with van der Waals surface area (Å²) in [6.07, 6.45) is -4.87. The fraction of sp³-hybridized carbons (Fsp3) is 0.318. The van der Waals surface area contributed by atoms with Gasteiger partial charge in [0.25, 0.3) is 5.91 Å². The highest BCUT2D eigenvalue weighted by Crippen LogP contribution is 2.34. The van der Waals surface area contributed by atoms with Crippen molar-refractivity contribution in [3.05, 3.63) is 53.6 Å². The monoisotopic (exact) mass is 497 g/mol. The number of benzene rings is 2. The summed E-state index contributed by atoms with van der Waals surface area (Å²) in [5, 5.41) is 11.1. The first-order valence-electron chi connectivity index (χ1n) is 9.71. The molecule has 1 N–H and O–H groups in total. The molecule has 182 valence electrons. The number of esters is 1. The third-order valence-electron chi connectivity index (χ3n) is 4.73. The zero-order valence-electron chi connectivity index (χ0n) is 18.7. The van der Waals surface area contributed by atoms with Crippen LogP contribution in [0, 0.1) is 11.3 Å². The van der Waals surface area contributed by atoms with Crippen molar-refractivity contribution in [2.75, 3.05) is 30.1 Å². The van der Waals surface area contributed by atoms with E-state index in [2.05, 4.69) is 5.32 Å². The van der Waals surface area contributed by atoms with Gasteiger partial charge in [-0.3, -0.25) is 9.59 Å². The summed E-state index contributed by atoms with van der Waals surface area (Å²) >= 11 is 0. The number of hydrogen-bond acceptors (Lipinski definition) is 7. The highest BCUT2D eigenvalue weighted by atomic mass is 32.2. The molecule has 0 aliphatic carbocycles. The molecule has 0 aliphatic heterocycles. The Morgan fingerprint density at radius 1 is 1.12 bits per heavy atom. The van der Waals surface area contributed by atoms with Crippen molar-refractivity contribution in [3.63, 3.8) is 0 Å². The maximum absolute atomic E-state index is 13.2. The van der Waals surface area contributed by atoms with Crippen molar-refractivity contribution in [1.82, 2.24) is 0 Å². The summed E-state index contributed by atoms with van der Waals surface area (Å²) in [6.45, 7) is 2.01. The molecule has 34 heavy (non-hydrogen) atoms. The Kier molecular flexibility index (Phi) is 7.62. The molecule has 0 saturated carbocycles. The van der Waals surface area contributed by atoms with Gasteiger partial charge in [-0.05, 0) is 49.4 Å². The summed E-state index contributed by atoms with van der Waals surface area (Å²) in [6, 6.07) is 9.62. The van der Waals surface area contributed by atoms with E-state index in [9.17, 15) is 31.2 Å². The van der Waals surface area contributed by atoms with E-state index in [-0.39, 0.29) is 10.6 Å². The van der Waals surface area contributed by atoms with Crippen LogP contribution in [0.15, 0.2) is 47.4 Å². The van der Waals surface area contributed by atoms with E-state index < -0.39 is 50.4 Å². The van der Waals surface area contributed by atoms with Crippen LogP contribution in [0.5, 0.6) is 0 Å². The number of carbonyl (C=O) groups is 2. The van der Waals surface area contributed by atoms with Crippen LogP contribution >= 0.6 is 0 Å². The van der Waals surface area contributed by atoms with Gasteiger partial charge in [0, 0.05) is 32.4 Å². The molecule has 2 rings (SSSR count). The summed E-state index contributed by atoms with van der Waals surface area (Å²) in [5.74, 6) is -3.09. The lowest BCUT2D eigenvalue weighted by atomic mass is 10.1. The van der Waals surface area contributed by atoms with Crippen molar-refractivity contribution in [2.45, 2.75) is 30.5 Å². The molecular formula is C22H22F3N3O5S. The number of anilines is 2. The van der Waals surface area contributed by atoms with Gasteiger partial charge in [0.15, 0.2) is 9.84 Å². The van der Waals surface area contributed by atoms with E-state index in [0.717, 1.165) is 31.7 Å². The Morgan fingerprint density at radius 2 is 1.71 bits per heavy atom. The van der Waals surface area contributed by atoms with Gasteiger partial charge in [0.05, 0.1) is 22.1 Å². The quantitative estimate of drug-likeness (QED) is 0.583. The molecule has 8 nitrogen and oxygen atoms in total. The molecule has 2 aromatic rings. The van der Waals surface area contributed by atoms with Gasteiger partial charge < -0.3 is 15.0 Å². The van der Waals surface area contributed by atoms with Gasteiger partial charge in [0.2, 0.25) is 5.60 Å². The van der Waals surface area contributed by atoms with Gasteiger partial charge in [-0.1, -0.05) is 0 Å². The molecule has 1 unspecified atom stereocenters. The lowest BCUT2D eigenvalue weighted by Crippen LogP contribution is -2.49. The van der Waals surface area contributed by atoms with E-state index in [1.165, 1.54) is 18.2 Å². The first-order chi connectivity index (χ1) is 15.6. The molecule has 0 aliphatic rings. The van der Waals surface area contributed by atoms with Crippen LogP contribution in [0.1, 0.15) is 25.0 Å². The molecule has 0 spiro atoms. The average molecular weight is 497 g/mol.